The fourth-order valence-electron chi connectivity index (χ4n) is 5.24. The molecular formula is C19H37Cl2N3O. The standard InChI is InChI=1S/C19H35N3O.2ClH/c1-13-8-14(2)11-22(10-13)12-15(3)20-19(23)18-9-16-6-4-5-7-17(16)21-18;;/h13-18,21H,4-12H2,1-3H3,(H,20,23);2*1H. The maximum absolute atomic E-state index is 12.6. The maximum atomic E-state index is 12.6. The molecule has 6 unspecified atom stereocenters. The van der Waals surface area contributed by atoms with E-state index in [-0.39, 0.29) is 42.8 Å². The van der Waals surface area contributed by atoms with Crippen LogP contribution in [0.4, 0.5) is 0 Å². The summed E-state index contributed by atoms with van der Waals surface area (Å²) in [4.78, 5) is 15.1. The van der Waals surface area contributed by atoms with Crippen molar-refractivity contribution in [2.24, 2.45) is 17.8 Å². The molecule has 0 aromatic carbocycles. The number of amides is 1. The molecule has 6 heteroatoms. The number of piperidine rings is 1. The monoisotopic (exact) mass is 393 g/mol. The molecule has 25 heavy (non-hydrogen) atoms. The van der Waals surface area contributed by atoms with E-state index < -0.39 is 0 Å². The van der Waals surface area contributed by atoms with Crippen LogP contribution in [0.3, 0.4) is 0 Å². The predicted octanol–water partition coefficient (Wildman–Crippen LogP) is 3.23. The zero-order valence-electron chi connectivity index (χ0n) is 16.0. The highest BCUT2D eigenvalue weighted by Gasteiger charge is 2.38. The van der Waals surface area contributed by atoms with Gasteiger partial charge < -0.3 is 15.5 Å². The summed E-state index contributed by atoms with van der Waals surface area (Å²) < 4.78 is 0. The number of likely N-dealkylation sites (tertiary alicyclic amines) is 1. The van der Waals surface area contributed by atoms with Gasteiger partial charge in [0.25, 0.3) is 0 Å². The molecule has 2 N–H and O–H groups in total. The van der Waals surface area contributed by atoms with Crippen LogP contribution >= 0.6 is 24.8 Å². The zero-order chi connectivity index (χ0) is 16.4. The quantitative estimate of drug-likeness (QED) is 0.770. The van der Waals surface area contributed by atoms with Crippen LogP contribution in [-0.2, 0) is 4.79 Å². The molecule has 1 aliphatic carbocycles. The van der Waals surface area contributed by atoms with Crippen molar-refractivity contribution in [3.05, 3.63) is 0 Å². The average molecular weight is 394 g/mol. The second-order valence-corrected chi connectivity index (χ2v) is 8.68. The first-order valence-corrected chi connectivity index (χ1v) is 9.80. The SMILES string of the molecule is CC1CC(C)CN(CC(C)NC(=O)C2CC3CCCCC3N2)C1.Cl.Cl. The molecule has 3 rings (SSSR count). The van der Waals surface area contributed by atoms with Gasteiger partial charge in [0.2, 0.25) is 5.91 Å². The Labute approximate surface area is 166 Å². The number of nitrogens with one attached hydrogen (secondary N) is 2. The first-order chi connectivity index (χ1) is 11.0. The van der Waals surface area contributed by atoms with Crippen molar-refractivity contribution in [2.75, 3.05) is 19.6 Å². The zero-order valence-corrected chi connectivity index (χ0v) is 17.6. The van der Waals surface area contributed by atoms with Crippen LogP contribution in [0.1, 0.15) is 59.3 Å². The van der Waals surface area contributed by atoms with E-state index in [1.807, 2.05) is 0 Å². The Morgan fingerprint density at radius 2 is 1.76 bits per heavy atom. The van der Waals surface area contributed by atoms with Crippen molar-refractivity contribution in [2.45, 2.75) is 77.4 Å². The van der Waals surface area contributed by atoms with E-state index in [1.165, 1.54) is 45.2 Å². The van der Waals surface area contributed by atoms with E-state index >= 15 is 0 Å². The number of halogens is 2. The number of carbonyl (C=O) groups is 1. The lowest BCUT2D eigenvalue weighted by molar-refractivity contribution is -0.123. The van der Waals surface area contributed by atoms with Gasteiger partial charge >= 0.3 is 0 Å². The molecule has 1 saturated carbocycles. The van der Waals surface area contributed by atoms with Crippen LogP contribution in [0.2, 0.25) is 0 Å². The minimum atomic E-state index is 0. The van der Waals surface area contributed by atoms with Crippen molar-refractivity contribution in [1.82, 2.24) is 15.5 Å². The van der Waals surface area contributed by atoms with E-state index in [2.05, 4.69) is 36.3 Å². The molecule has 2 aliphatic heterocycles. The highest BCUT2D eigenvalue weighted by molar-refractivity contribution is 5.85. The van der Waals surface area contributed by atoms with E-state index in [1.54, 1.807) is 0 Å². The Bertz CT molecular complexity index is 399. The highest BCUT2D eigenvalue weighted by atomic mass is 35.5. The summed E-state index contributed by atoms with van der Waals surface area (Å²) >= 11 is 0. The molecule has 3 aliphatic rings. The van der Waals surface area contributed by atoms with Crippen molar-refractivity contribution in [3.63, 3.8) is 0 Å². The molecule has 0 aromatic heterocycles. The minimum Gasteiger partial charge on any atom is -0.351 e. The second-order valence-electron chi connectivity index (χ2n) is 8.68. The van der Waals surface area contributed by atoms with Gasteiger partial charge in [0.05, 0.1) is 6.04 Å². The molecule has 3 fully saturated rings. The Kier molecular flexibility index (Phi) is 9.52. The molecule has 2 heterocycles. The van der Waals surface area contributed by atoms with Gasteiger partial charge in [0.1, 0.15) is 0 Å². The third-order valence-electron chi connectivity index (χ3n) is 6.04. The normalized spacial score (nSPS) is 36.5. The fourth-order valence-corrected chi connectivity index (χ4v) is 5.24. The average Bonchev–Trinajstić information content (AvgIpc) is 2.89. The number of hydrogen-bond acceptors (Lipinski definition) is 3. The third kappa shape index (κ3) is 6.27. The summed E-state index contributed by atoms with van der Waals surface area (Å²) in [6.07, 6.45) is 7.62. The van der Waals surface area contributed by atoms with E-state index in [9.17, 15) is 4.79 Å². The van der Waals surface area contributed by atoms with Gasteiger partial charge in [0, 0.05) is 31.7 Å². The van der Waals surface area contributed by atoms with E-state index in [4.69, 9.17) is 0 Å². The van der Waals surface area contributed by atoms with E-state index in [0.29, 0.717) is 6.04 Å². The third-order valence-corrected chi connectivity index (χ3v) is 6.04. The number of carbonyl (C=O) groups excluding carboxylic acids is 1. The van der Waals surface area contributed by atoms with Crippen LogP contribution in [0.15, 0.2) is 0 Å². The molecule has 0 bridgehead atoms. The lowest BCUT2D eigenvalue weighted by Crippen LogP contribution is -2.51. The van der Waals surface area contributed by atoms with Crippen LogP contribution in [-0.4, -0.2) is 48.6 Å². The Balaban J connectivity index is 0.00000156. The van der Waals surface area contributed by atoms with Crippen LogP contribution in [0.5, 0.6) is 0 Å². The molecule has 2 saturated heterocycles. The van der Waals surface area contributed by atoms with Crippen LogP contribution < -0.4 is 10.6 Å². The van der Waals surface area contributed by atoms with Gasteiger partial charge in [-0.2, -0.15) is 0 Å². The van der Waals surface area contributed by atoms with Crippen molar-refractivity contribution in [1.29, 1.82) is 0 Å². The Morgan fingerprint density at radius 3 is 2.40 bits per heavy atom. The summed E-state index contributed by atoms with van der Waals surface area (Å²) in [6.45, 7) is 10.2. The van der Waals surface area contributed by atoms with Crippen LogP contribution in [0.25, 0.3) is 0 Å². The molecule has 0 aromatic rings. The molecule has 1 amide bonds. The number of hydrogen-bond donors (Lipinski definition) is 2. The Hall–Kier alpha value is -0.0300. The van der Waals surface area contributed by atoms with Gasteiger partial charge in [-0.25, -0.2) is 0 Å². The number of fused-ring (bicyclic) bond motifs is 1. The number of nitrogens with zero attached hydrogens (tertiary/aromatic N) is 1. The summed E-state index contributed by atoms with van der Waals surface area (Å²) in [5, 5.41) is 6.86. The number of rotatable bonds is 4. The summed E-state index contributed by atoms with van der Waals surface area (Å²) in [6, 6.07) is 0.882. The van der Waals surface area contributed by atoms with Crippen molar-refractivity contribution < 1.29 is 4.79 Å². The summed E-state index contributed by atoms with van der Waals surface area (Å²) in [7, 11) is 0. The van der Waals surface area contributed by atoms with Crippen LogP contribution in [0, 0.1) is 17.8 Å². The largest absolute Gasteiger partial charge is 0.351 e. The lowest BCUT2D eigenvalue weighted by atomic mass is 9.85. The second kappa shape index (κ2) is 10.3. The molecule has 0 radical (unpaired) electrons. The minimum absolute atomic E-state index is 0. The van der Waals surface area contributed by atoms with Crippen molar-refractivity contribution in [3.8, 4) is 0 Å². The maximum Gasteiger partial charge on any atom is 0.237 e. The summed E-state index contributed by atoms with van der Waals surface area (Å²) in [5.41, 5.74) is 0. The van der Waals surface area contributed by atoms with Gasteiger partial charge in [-0.3, -0.25) is 4.79 Å². The molecule has 0 spiro atoms. The Morgan fingerprint density at radius 1 is 1.12 bits per heavy atom. The van der Waals surface area contributed by atoms with Gasteiger partial charge in [-0.15, -0.1) is 24.8 Å². The molecule has 148 valence electrons. The van der Waals surface area contributed by atoms with Crippen molar-refractivity contribution >= 4 is 30.7 Å². The molecule has 6 atom stereocenters. The lowest BCUT2D eigenvalue weighted by Gasteiger charge is -2.36. The van der Waals surface area contributed by atoms with Gasteiger partial charge in [-0.1, -0.05) is 26.7 Å². The highest BCUT2D eigenvalue weighted by Crippen LogP contribution is 2.33. The fraction of sp³-hybridized carbons (Fsp3) is 0.947. The smallest absolute Gasteiger partial charge is 0.237 e. The predicted molar refractivity (Wildman–Crippen MR) is 109 cm³/mol. The topological polar surface area (TPSA) is 44.4 Å². The van der Waals surface area contributed by atoms with E-state index in [0.717, 1.165) is 30.7 Å². The molecule has 4 nitrogen and oxygen atoms in total. The summed E-state index contributed by atoms with van der Waals surface area (Å²) in [5.74, 6) is 2.52. The van der Waals surface area contributed by atoms with Gasteiger partial charge in [0.15, 0.2) is 0 Å². The molecular weight excluding hydrogens is 357 g/mol. The first kappa shape index (κ1) is 23.0. The first-order valence-electron chi connectivity index (χ1n) is 9.80. The van der Waals surface area contributed by atoms with Gasteiger partial charge in [-0.05, 0) is 50.4 Å².